The van der Waals surface area contributed by atoms with Crippen molar-refractivity contribution >= 4 is 11.6 Å². The van der Waals surface area contributed by atoms with Crippen LogP contribution in [0, 0.1) is 17.3 Å². The second-order valence-electron chi connectivity index (χ2n) is 1.90. The van der Waals surface area contributed by atoms with Crippen LogP contribution in [0.25, 0.3) is 0 Å². The number of hydrogen-bond donors (Lipinski definition) is 0. The summed E-state index contributed by atoms with van der Waals surface area (Å²) in [6.07, 6.45) is 1.22. The highest BCUT2D eigenvalue weighted by atomic mass is 35.5. The van der Waals surface area contributed by atoms with E-state index < -0.39 is 5.95 Å². The molecule has 0 unspecified atom stereocenters. The Morgan fingerprint density at radius 2 is 2.45 bits per heavy atom. The summed E-state index contributed by atoms with van der Waals surface area (Å²) in [5.41, 5.74) is 0.164. The monoisotopic (exact) mass is 170 g/mol. The van der Waals surface area contributed by atoms with Crippen LogP contribution in [0.3, 0.4) is 0 Å². The molecular formula is C7H4ClFN2. The quantitative estimate of drug-likeness (QED) is 0.604. The normalized spacial score (nSPS) is 9.18. The van der Waals surface area contributed by atoms with Gasteiger partial charge in [-0.15, -0.1) is 0 Å². The SMILES string of the molecule is N#CCc1c(Cl)ccnc1F. The predicted molar refractivity (Wildman–Crippen MR) is 38.5 cm³/mol. The van der Waals surface area contributed by atoms with Crippen molar-refractivity contribution in [2.45, 2.75) is 6.42 Å². The summed E-state index contributed by atoms with van der Waals surface area (Å²) in [6.45, 7) is 0. The molecule has 0 radical (unpaired) electrons. The van der Waals surface area contributed by atoms with E-state index >= 15 is 0 Å². The molecule has 1 aromatic rings. The second-order valence-corrected chi connectivity index (χ2v) is 2.30. The zero-order chi connectivity index (χ0) is 8.27. The van der Waals surface area contributed by atoms with Crippen molar-refractivity contribution < 1.29 is 4.39 Å². The summed E-state index contributed by atoms with van der Waals surface area (Å²) in [5, 5.41) is 8.51. The minimum atomic E-state index is -0.668. The molecule has 0 aliphatic carbocycles. The Morgan fingerprint density at radius 3 is 3.00 bits per heavy atom. The smallest absolute Gasteiger partial charge is 0.218 e. The lowest BCUT2D eigenvalue weighted by Gasteiger charge is -1.97. The van der Waals surface area contributed by atoms with E-state index in [9.17, 15) is 4.39 Å². The van der Waals surface area contributed by atoms with Gasteiger partial charge >= 0.3 is 0 Å². The van der Waals surface area contributed by atoms with Gasteiger partial charge in [-0.05, 0) is 6.07 Å². The largest absolute Gasteiger partial charge is 0.228 e. The zero-order valence-corrected chi connectivity index (χ0v) is 6.27. The minimum absolute atomic E-state index is 0.0431. The van der Waals surface area contributed by atoms with Gasteiger partial charge in [0.15, 0.2) is 0 Å². The van der Waals surface area contributed by atoms with E-state index in [0.29, 0.717) is 0 Å². The molecular weight excluding hydrogens is 167 g/mol. The molecule has 0 atom stereocenters. The molecule has 0 fully saturated rings. The number of pyridine rings is 1. The molecule has 0 spiro atoms. The molecule has 0 aliphatic heterocycles. The summed E-state index contributed by atoms with van der Waals surface area (Å²) >= 11 is 5.58. The Balaban J connectivity index is 3.12. The van der Waals surface area contributed by atoms with Crippen molar-refractivity contribution in [1.82, 2.24) is 4.98 Å². The van der Waals surface area contributed by atoms with Gasteiger partial charge < -0.3 is 0 Å². The third kappa shape index (κ3) is 1.66. The summed E-state index contributed by atoms with van der Waals surface area (Å²) in [7, 11) is 0. The molecule has 0 N–H and O–H groups in total. The maximum Gasteiger partial charge on any atom is 0.218 e. The number of halogens is 2. The molecule has 1 heterocycles. The highest BCUT2D eigenvalue weighted by Gasteiger charge is 2.06. The maximum absolute atomic E-state index is 12.7. The lowest BCUT2D eigenvalue weighted by Crippen LogP contribution is -1.92. The molecule has 2 nitrogen and oxygen atoms in total. The molecule has 1 rings (SSSR count). The van der Waals surface area contributed by atoms with Gasteiger partial charge in [0.25, 0.3) is 0 Å². The topological polar surface area (TPSA) is 36.7 Å². The van der Waals surface area contributed by atoms with E-state index in [0.717, 1.165) is 0 Å². The van der Waals surface area contributed by atoms with Crippen LogP contribution in [0.2, 0.25) is 5.02 Å². The molecule has 0 saturated heterocycles. The lowest BCUT2D eigenvalue weighted by atomic mass is 10.2. The first-order valence-electron chi connectivity index (χ1n) is 2.91. The molecule has 11 heavy (non-hydrogen) atoms. The van der Waals surface area contributed by atoms with Gasteiger partial charge in [-0.2, -0.15) is 9.65 Å². The van der Waals surface area contributed by atoms with Crippen LogP contribution < -0.4 is 0 Å². The third-order valence-electron chi connectivity index (χ3n) is 1.20. The fraction of sp³-hybridized carbons (Fsp3) is 0.143. The number of rotatable bonds is 1. The average molecular weight is 171 g/mol. The van der Waals surface area contributed by atoms with E-state index in [2.05, 4.69) is 4.98 Å². The summed E-state index contributed by atoms with van der Waals surface area (Å²) in [5.74, 6) is -0.668. The van der Waals surface area contributed by atoms with Crippen LogP contribution in [0.15, 0.2) is 12.3 Å². The van der Waals surface area contributed by atoms with E-state index in [-0.39, 0.29) is 17.0 Å². The molecule has 0 amide bonds. The predicted octanol–water partition coefficient (Wildman–Crippen LogP) is 1.94. The molecule has 0 aromatic carbocycles. The van der Waals surface area contributed by atoms with E-state index in [1.807, 2.05) is 0 Å². The van der Waals surface area contributed by atoms with Gasteiger partial charge in [0.05, 0.1) is 17.5 Å². The number of nitrogens with zero attached hydrogens (tertiary/aromatic N) is 2. The molecule has 4 heteroatoms. The van der Waals surface area contributed by atoms with Crippen molar-refractivity contribution in [1.29, 1.82) is 5.26 Å². The van der Waals surface area contributed by atoms with Gasteiger partial charge in [0, 0.05) is 11.8 Å². The summed E-state index contributed by atoms with van der Waals surface area (Å²) < 4.78 is 12.7. The summed E-state index contributed by atoms with van der Waals surface area (Å²) in [4.78, 5) is 3.36. The highest BCUT2D eigenvalue weighted by Crippen LogP contribution is 2.16. The van der Waals surface area contributed by atoms with Gasteiger partial charge in [0.2, 0.25) is 5.95 Å². The standard InChI is InChI=1S/C7H4ClFN2/c8-6-2-4-11-7(9)5(6)1-3-10/h2,4H,1H2. The van der Waals surface area contributed by atoms with Gasteiger partial charge in [-0.25, -0.2) is 4.98 Å². The van der Waals surface area contributed by atoms with Crippen LogP contribution in [0.1, 0.15) is 5.56 Å². The Morgan fingerprint density at radius 1 is 1.73 bits per heavy atom. The first kappa shape index (κ1) is 7.96. The van der Waals surface area contributed by atoms with Crippen molar-refractivity contribution in [3.05, 3.63) is 28.8 Å². The minimum Gasteiger partial charge on any atom is -0.228 e. The third-order valence-corrected chi connectivity index (χ3v) is 1.56. The van der Waals surface area contributed by atoms with Crippen molar-refractivity contribution in [3.63, 3.8) is 0 Å². The Labute approximate surface area is 68.2 Å². The van der Waals surface area contributed by atoms with E-state index in [1.54, 1.807) is 6.07 Å². The van der Waals surface area contributed by atoms with Crippen molar-refractivity contribution in [3.8, 4) is 6.07 Å². The Kier molecular flexibility index (Phi) is 2.40. The zero-order valence-electron chi connectivity index (χ0n) is 5.51. The van der Waals surface area contributed by atoms with E-state index in [1.165, 1.54) is 12.3 Å². The average Bonchev–Trinajstić information content (AvgIpc) is 1.97. The van der Waals surface area contributed by atoms with Crippen LogP contribution in [0.5, 0.6) is 0 Å². The van der Waals surface area contributed by atoms with Crippen LogP contribution >= 0.6 is 11.6 Å². The first-order chi connectivity index (χ1) is 5.25. The van der Waals surface area contributed by atoms with E-state index in [4.69, 9.17) is 16.9 Å². The van der Waals surface area contributed by atoms with Crippen LogP contribution in [-0.2, 0) is 6.42 Å². The fourth-order valence-corrected chi connectivity index (χ4v) is 0.883. The molecule has 0 saturated carbocycles. The van der Waals surface area contributed by atoms with Gasteiger partial charge in [-0.3, -0.25) is 0 Å². The number of nitriles is 1. The maximum atomic E-state index is 12.7. The fourth-order valence-electron chi connectivity index (χ4n) is 0.682. The van der Waals surface area contributed by atoms with Crippen molar-refractivity contribution in [2.24, 2.45) is 0 Å². The van der Waals surface area contributed by atoms with Crippen LogP contribution in [0.4, 0.5) is 4.39 Å². The Hall–Kier alpha value is -1.14. The molecule has 0 aliphatic rings. The number of hydrogen-bond acceptors (Lipinski definition) is 2. The Bertz CT molecular complexity index is 286. The van der Waals surface area contributed by atoms with Crippen LogP contribution in [-0.4, -0.2) is 4.98 Å². The molecule has 1 aromatic heterocycles. The number of aromatic nitrogens is 1. The first-order valence-corrected chi connectivity index (χ1v) is 3.29. The second kappa shape index (κ2) is 3.31. The molecule has 0 bridgehead atoms. The van der Waals surface area contributed by atoms with Crippen molar-refractivity contribution in [2.75, 3.05) is 0 Å². The van der Waals surface area contributed by atoms with Gasteiger partial charge in [-0.1, -0.05) is 11.6 Å². The molecule has 56 valence electrons. The lowest BCUT2D eigenvalue weighted by molar-refractivity contribution is 0.571. The summed E-state index contributed by atoms with van der Waals surface area (Å²) in [6, 6.07) is 3.26. The highest BCUT2D eigenvalue weighted by molar-refractivity contribution is 6.31. The van der Waals surface area contributed by atoms with Gasteiger partial charge in [0.1, 0.15) is 0 Å².